The van der Waals surface area contributed by atoms with Crippen LogP contribution in [0.15, 0.2) is 67.0 Å². The first-order chi connectivity index (χ1) is 12.6. The summed E-state index contributed by atoms with van der Waals surface area (Å²) in [6.45, 7) is 1.69. The molecule has 26 heavy (non-hydrogen) atoms. The van der Waals surface area contributed by atoms with Gasteiger partial charge in [0.15, 0.2) is 6.61 Å². The van der Waals surface area contributed by atoms with E-state index in [9.17, 15) is 9.59 Å². The Balaban J connectivity index is 1.50. The molecule has 0 aliphatic heterocycles. The molecule has 0 unspecified atom stereocenters. The molecule has 0 bridgehead atoms. The summed E-state index contributed by atoms with van der Waals surface area (Å²) >= 11 is 0. The first-order valence-corrected chi connectivity index (χ1v) is 8.01. The highest BCUT2D eigenvalue weighted by Gasteiger charge is 2.11. The molecule has 0 spiro atoms. The standard InChI is InChI=1S/C19H18N4O3/c1-14-7-5-6-10-17(14)26-13-18(24)21-22-19(25)15-11-20-23(12-15)16-8-3-2-4-9-16/h2-12H,13H2,1H3,(H,21,24)(H,22,25). The summed E-state index contributed by atoms with van der Waals surface area (Å²) in [6, 6.07) is 16.8. The second-order valence-electron chi connectivity index (χ2n) is 5.57. The van der Waals surface area contributed by atoms with Gasteiger partial charge in [-0.1, -0.05) is 36.4 Å². The molecule has 2 aromatic carbocycles. The monoisotopic (exact) mass is 350 g/mol. The summed E-state index contributed by atoms with van der Waals surface area (Å²) in [7, 11) is 0. The van der Waals surface area contributed by atoms with Gasteiger partial charge in [-0.2, -0.15) is 5.10 Å². The summed E-state index contributed by atoms with van der Waals surface area (Å²) in [6.07, 6.45) is 3.01. The van der Waals surface area contributed by atoms with Crippen LogP contribution in [0.2, 0.25) is 0 Å². The van der Waals surface area contributed by atoms with Crippen molar-refractivity contribution in [2.45, 2.75) is 6.92 Å². The van der Waals surface area contributed by atoms with Crippen molar-refractivity contribution in [2.24, 2.45) is 0 Å². The van der Waals surface area contributed by atoms with E-state index in [1.54, 1.807) is 16.9 Å². The lowest BCUT2D eigenvalue weighted by Crippen LogP contribution is -2.43. The molecular weight excluding hydrogens is 332 g/mol. The Morgan fingerprint density at radius 2 is 1.77 bits per heavy atom. The smallest absolute Gasteiger partial charge is 0.276 e. The maximum Gasteiger partial charge on any atom is 0.276 e. The molecule has 2 amide bonds. The van der Waals surface area contributed by atoms with Gasteiger partial charge in [-0.15, -0.1) is 0 Å². The van der Waals surface area contributed by atoms with Crippen molar-refractivity contribution in [3.05, 3.63) is 78.1 Å². The maximum absolute atomic E-state index is 12.1. The molecule has 7 heteroatoms. The number of hydrazine groups is 1. The van der Waals surface area contributed by atoms with Crippen LogP contribution in [0, 0.1) is 6.92 Å². The number of rotatable bonds is 5. The second kappa shape index (κ2) is 7.98. The lowest BCUT2D eigenvalue weighted by molar-refractivity contribution is -0.123. The van der Waals surface area contributed by atoms with Crippen LogP contribution in [-0.2, 0) is 4.79 Å². The fourth-order valence-electron chi connectivity index (χ4n) is 2.26. The summed E-state index contributed by atoms with van der Waals surface area (Å²) in [5.41, 5.74) is 6.75. The van der Waals surface area contributed by atoms with E-state index in [1.165, 1.54) is 6.20 Å². The van der Waals surface area contributed by atoms with Gasteiger partial charge in [0.1, 0.15) is 5.75 Å². The number of ether oxygens (including phenoxy) is 1. The van der Waals surface area contributed by atoms with Crippen molar-refractivity contribution in [3.63, 3.8) is 0 Å². The summed E-state index contributed by atoms with van der Waals surface area (Å²) in [5.74, 6) is -0.299. The predicted octanol–water partition coefficient (Wildman–Crippen LogP) is 2.02. The van der Waals surface area contributed by atoms with Crippen LogP contribution >= 0.6 is 0 Å². The first kappa shape index (κ1) is 17.2. The van der Waals surface area contributed by atoms with E-state index in [4.69, 9.17) is 4.74 Å². The Morgan fingerprint density at radius 1 is 1.04 bits per heavy atom. The third kappa shape index (κ3) is 4.27. The molecule has 0 radical (unpaired) electrons. The van der Waals surface area contributed by atoms with E-state index < -0.39 is 11.8 Å². The minimum absolute atomic E-state index is 0.200. The van der Waals surface area contributed by atoms with Crippen LogP contribution in [-0.4, -0.2) is 28.2 Å². The van der Waals surface area contributed by atoms with Gasteiger partial charge < -0.3 is 4.74 Å². The summed E-state index contributed by atoms with van der Waals surface area (Å²) in [4.78, 5) is 23.9. The van der Waals surface area contributed by atoms with Gasteiger partial charge in [0.2, 0.25) is 0 Å². The molecular formula is C19H18N4O3. The highest BCUT2D eigenvalue weighted by molar-refractivity contribution is 5.95. The first-order valence-electron chi connectivity index (χ1n) is 8.01. The molecule has 1 heterocycles. The molecule has 0 aliphatic rings. The molecule has 132 valence electrons. The number of nitrogens with zero attached hydrogens (tertiary/aromatic N) is 2. The lowest BCUT2D eigenvalue weighted by Gasteiger charge is -2.09. The minimum atomic E-state index is -0.462. The third-order valence-corrected chi connectivity index (χ3v) is 3.63. The Hall–Kier alpha value is -3.61. The molecule has 3 rings (SSSR count). The zero-order chi connectivity index (χ0) is 18.4. The second-order valence-corrected chi connectivity index (χ2v) is 5.57. The molecule has 2 N–H and O–H groups in total. The average molecular weight is 350 g/mol. The number of para-hydroxylation sites is 2. The molecule has 3 aromatic rings. The lowest BCUT2D eigenvalue weighted by atomic mass is 10.2. The number of amides is 2. The molecule has 0 saturated carbocycles. The predicted molar refractivity (Wildman–Crippen MR) is 95.8 cm³/mol. The number of carbonyl (C=O) groups excluding carboxylic acids is 2. The van der Waals surface area contributed by atoms with Gasteiger partial charge >= 0.3 is 0 Å². The number of aryl methyl sites for hydroxylation is 1. The number of nitrogens with one attached hydrogen (secondary N) is 2. The van der Waals surface area contributed by atoms with Crippen LogP contribution in [0.1, 0.15) is 15.9 Å². The zero-order valence-corrected chi connectivity index (χ0v) is 14.2. The third-order valence-electron chi connectivity index (χ3n) is 3.63. The Bertz CT molecular complexity index is 906. The van der Waals surface area contributed by atoms with E-state index in [2.05, 4.69) is 16.0 Å². The molecule has 0 atom stereocenters. The number of hydrogen-bond acceptors (Lipinski definition) is 4. The quantitative estimate of drug-likeness (QED) is 0.690. The van der Waals surface area contributed by atoms with Gasteiger partial charge in [-0.25, -0.2) is 4.68 Å². The van der Waals surface area contributed by atoms with Crippen LogP contribution in [0.5, 0.6) is 5.75 Å². The number of benzene rings is 2. The molecule has 0 fully saturated rings. The molecule has 1 aromatic heterocycles. The molecule has 0 aliphatic carbocycles. The van der Waals surface area contributed by atoms with E-state index in [-0.39, 0.29) is 6.61 Å². The van der Waals surface area contributed by atoms with Crippen LogP contribution < -0.4 is 15.6 Å². The number of aromatic nitrogens is 2. The Labute approximate surface area is 150 Å². The van der Waals surface area contributed by atoms with Crippen molar-refractivity contribution < 1.29 is 14.3 Å². The normalized spacial score (nSPS) is 10.2. The highest BCUT2D eigenvalue weighted by Crippen LogP contribution is 2.15. The largest absolute Gasteiger partial charge is 0.483 e. The van der Waals surface area contributed by atoms with Gasteiger partial charge in [0.25, 0.3) is 11.8 Å². The van der Waals surface area contributed by atoms with Crippen LogP contribution in [0.25, 0.3) is 5.69 Å². The number of carbonyl (C=O) groups is 2. The van der Waals surface area contributed by atoms with Gasteiger partial charge in [-0.3, -0.25) is 20.4 Å². The van der Waals surface area contributed by atoms with E-state index >= 15 is 0 Å². The number of hydrogen-bond donors (Lipinski definition) is 2. The van der Waals surface area contributed by atoms with Gasteiger partial charge in [0.05, 0.1) is 17.4 Å². The Kier molecular flexibility index (Phi) is 5.28. The molecule has 0 saturated heterocycles. The maximum atomic E-state index is 12.1. The van der Waals surface area contributed by atoms with E-state index in [0.29, 0.717) is 11.3 Å². The van der Waals surface area contributed by atoms with Gasteiger partial charge in [-0.05, 0) is 30.7 Å². The van der Waals surface area contributed by atoms with Crippen molar-refractivity contribution in [2.75, 3.05) is 6.61 Å². The topological polar surface area (TPSA) is 85.2 Å². The van der Waals surface area contributed by atoms with Crippen LogP contribution in [0.4, 0.5) is 0 Å². The summed E-state index contributed by atoms with van der Waals surface area (Å²) in [5, 5.41) is 4.14. The average Bonchev–Trinajstić information content (AvgIpc) is 3.16. The fourth-order valence-corrected chi connectivity index (χ4v) is 2.26. The van der Waals surface area contributed by atoms with Crippen molar-refractivity contribution in [3.8, 4) is 11.4 Å². The fraction of sp³-hybridized carbons (Fsp3) is 0.105. The SMILES string of the molecule is Cc1ccccc1OCC(=O)NNC(=O)c1cnn(-c2ccccc2)c1. The zero-order valence-electron chi connectivity index (χ0n) is 14.2. The van der Waals surface area contributed by atoms with E-state index in [1.807, 2.05) is 55.5 Å². The van der Waals surface area contributed by atoms with Crippen molar-refractivity contribution in [1.29, 1.82) is 0 Å². The van der Waals surface area contributed by atoms with Crippen LogP contribution in [0.3, 0.4) is 0 Å². The highest BCUT2D eigenvalue weighted by atomic mass is 16.5. The summed E-state index contributed by atoms with van der Waals surface area (Å²) < 4.78 is 7.00. The van der Waals surface area contributed by atoms with Gasteiger partial charge in [0, 0.05) is 6.20 Å². The minimum Gasteiger partial charge on any atom is -0.483 e. The Morgan fingerprint density at radius 3 is 2.54 bits per heavy atom. The molecule has 7 nitrogen and oxygen atoms in total. The van der Waals surface area contributed by atoms with E-state index in [0.717, 1.165) is 11.3 Å². The van der Waals surface area contributed by atoms with Crippen molar-refractivity contribution in [1.82, 2.24) is 20.6 Å². The van der Waals surface area contributed by atoms with Crippen molar-refractivity contribution >= 4 is 11.8 Å².